The van der Waals surface area contributed by atoms with Gasteiger partial charge in [0.15, 0.2) is 11.5 Å². The minimum atomic E-state index is -0.189. The first-order chi connectivity index (χ1) is 16.0. The Morgan fingerprint density at radius 2 is 1.64 bits per heavy atom. The highest BCUT2D eigenvalue weighted by molar-refractivity contribution is 7.81. The number of carbonyl (C=O) groups excluding carboxylic acids is 2. The molecule has 9 nitrogen and oxygen atoms in total. The number of anilines is 1. The van der Waals surface area contributed by atoms with Crippen LogP contribution in [0.15, 0.2) is 24.5 Å². The topological polar surface area (TPSA) is 106 Å². The third kappa shape index (κ3) is 6.74. The summed E-state index contributed by atoms with van der Waals surface area (Å²) < 4.78 is 10.8. The van der Waals surface area contributed by atoms with E-state index in [4.69, 9.17) is 9.47 Å². The molecular formula is C23H31N5O4S. The lowest BCUT2D eigenvalue weighted by atomic mass is 9.99. The number of rotatable bonds is 11. The fourth-order valence-corrected chi connectivity index (χ4v) is 3.78. The molecule has 1 aliphatic rings. The molecule has 0 aliphatic carbocycles. The predicted molar refractivity (Wildman–Crippen MR) is 129 cm³/mol. The molecule has 33 heavy (non-hydrogen) atoms. The maximum atomic E-state index is 12.3. The number of ether oxygens (including phenoxy) is 2. The molecule has 1 aromatic heterocycles. The van der Waals surface area contributed by atoms with Gasteiger partial charge >= 0.3 is 0 Å². The van der Waals surface area contributed by atoms with E-state index in [2.05, 4.69) is 38.1 Å². The zero-order chi connectivity index (χ0) is 23.6. The van der Waals surface area contributed by atoms with Gasteiger partial charge in [0, 0.05) is 38.6 Å². The highest BCUT2D eigenvalue weighted by Crippen LogP contribution is 2.33. The Morgan fingerprint density at radius 1 is 1.00 bits per heavy atom. The number of methoxy groups -OCH3 is 2. The van der Waals surface area contributed by atoms with Gasteiger partial charge in [-0.05, 0) is 48.9 Å². The standard InChI is InChI=1S/C23H31N5O4S/c1-31-19-10-16-6-9-28(14-17(16)11-20(19)32-2)23-26-12-18(13-27-23)22(30)25-8-5-3-4-7-24-21(29)15-33/h10-13,33H,3-9,14-15H2,1-2H3,(H,24,29)(H,25,30). The molecule has 0 radical (unpaired) electrons. The number of nitrogens with one attached hydrogen (secondary N) is 2. The second kappa shape index (κ2) is 12.3. The molecule has 0 saturated carbocycles. The van der Waals surface area contributed by atoms with Gasteiger partial charge in [0.2, 0.25) is 11.9 Å². The van der Waals surface area contributed by atoms with Crippen molar-refractivity contribution >= 4 is 30.4 Å². The third-order valence-corrected chi connectivity index (χ3v) is 5.79. The number of aromatic nitrogens is 2. The fourth-order valence-electron chi connectivity index (χ4n) is 3.67. The van der Waals surface area contributed by atoms with E-state index in [0.717, 1.165) is 43.5 Å². The highest BCUT2D eigenvalue weighted by atomic mass is 32.1. The molecule has 0 bridgehead atoms. The minimum Gasteiger partial charge on any atom is -0.493 e. The second-order valence-corrected chi connectivity index (χ2v) is 8.06. The lowest BCUT2D eigenvalue weighted by Gasteiger charge is -2.29. The van der Waals surface area contributed by atoms with Crippen LogP contribution in [0.2, 0.25) is 0 Å². The zero-order valence-corrected chi connectivity index (χ0v) is 20.0. The summed E-state index contributed by atoms with van der Waals surface area (Å²) in [6.45, 7) is 2.64. The smallest absolute Gasteiger partial charge is 0.254 e. The summed E-state index contributed by atoms with van der Waals surface area (Å²) in [6.07, 6.45) is 6.59. The molecule has 2 amide bonds. The monoisotopic (exact) mass is 473 g/mol. The van der Waals surface area contributed by atoms with Gasteiger partial charge in [0.25, 0.3) is 5.91 Å². The number of nitrogens with zero attached hydrogens (tertiary/aromatic N) is 3. The Hall–Kier alpha value is -3.01. The van der Waals surface area contributed by atoms with Crippen LogP contribution in [0.5, 0.6) is 11.5 Å². The van der Waals surface area contributed by atoms with Crippen molar-refractivity contribution in [1.82, 2.24) is 20.6 Å². The number of fused-ring (bicyclic) bond motifs is 1. The van der Waals surface area contributed by atoms with Crippen LogP contribution < -0.4 is 25.0 Å². The van der Waals surface area contributed by atoms with E-state index < -0.39 is 0 Å². The molecule has 1 aliphatic heterocycles. The van der Waals surface area contributed by atoms with Crippen LogP contribution in [0.4, 0.5) is 5.95 Å². The van der Waals surface area contributed by atoms with Crippen LogP contribution in [0.3, 0.4) is 0 Å². The molecule has 178 valence electrons. The Bertz CT molecular complexity index is 955. The summed E-state index contributed by atoms with van der Waals surface area (Å²) >= 11 is 3.91. The van der Waals surface area contributed by atoms with E-state index in [9.17, 15) is 9.59 Å². The number of hydrogen-bond acceptors (Lipinski definition) is 8. The molecule has 0 saturated heterocycles. The highest BCUT2D eigenvalue weighted by Gasteiger charge is 2.21. The van der Waals surface area contributed by atoms with E-state index in [1.54, 1.807) is 26.6 Å². The van der Waals surface area contributed by atoms with Gasteiger partial charge in [-0.3, -0.25) is 9.59 Å². The number of thiol groups is 1. The van der Waals surface area contributed by atoms with Crippen molar-refractivity contribution in [2.24, 2.45) is 0 Å². The van der Waals surface area contributed by atoms with Crippen LogP contribution in [0.1, 0.15) is 40.7 Å². The molecule has 2 N–H and O–H groups in total. The van der Waals surface area contributed by atoms with Gasteiger partial charge in [0.1, 0.15) is 0 Å². The molecule has 0 unspecified atom stereocenters. The van der Waals surface area contributed by atoms with E-state index in [1.807, 2.05) is 12.1 Å². The second-order valence-electron chi connectivity index (χ2n) is 7.74. The van der Waals surface area contributed by atoms with Crippen molar-refractivity contribution in [2.75, 3.05) is 44.5 Å². The SMILES string of the molecule is COc1cc2c(cc1OC)CN(c1ncc(C(=O)NCCCCCNC(=O)CS)cn1)CC2. The zero-order valence-electron chi connectivity index (χ0n) is 19.1. The van der Waals surface area contributed by atoms with Gasteiger partial charge in [-0.15, -0.1) is 0 Å². The van der Waals surface area contributed by atoms with Crippen molar-refractivity contribution in [3.8, 4) is 11.5 Å². The lowest BCUT2D eigenvalue weighted by molar-refractivity contribution is -0.118. The van der Waals surface area contributed by atoms with Crippen molar-refractivity contribution in [2.45, 2.75) is 32.2 Å². The molecule has 2 heterocycles. The summed E-state index contributed by atoms with van der Waals surface area (Å²) in [5.74, 6) is 1.97. The van der Waals surface area contributed by atoms with Crippen LogP contribution in [-0.2, 0) is 17.8 Å². The Balaban J connectivity index is 1.47. The van der Waals surface area contributed by atoms with Gasteiger partial charge in [0.05, 0.1) is 25.5 Å². The summed E-state index contributed by atoms with van der Waals surface area (Å²) in [5, 5.41) is 5.66. The first kappa shape index (κ1) is 24.6. The summed E-state index contributed by atoms with van der Waals surface area (Å²) in [6, 6.07) is 4.02. The maximum absolute atomic E-state index is 12.3. The van der Waals surface area contributed by atoms with Crippen LogP contribution >= 0.6 is 12.6 Å². The average molecular weight is 474 g/mol. The van der Waals surface area contributed by atoms with E-state index in [0.29, 0.717) is 36.9 Å². The molecule has 1 aromatic carbocycles. The quantitative estimate of drug-likeness (QED) is 0.339. The number of amides is 2. The van der Waals surface area contributed by atoms with Gasteiger partial charge in [-0.25, -0.2) is 9.97 Å². The molecule has 0 atom stereocenters. The molecular weight excluding hydrogens is 442 g/mol. The number of unbranched alkanes of at least 4 members (excludes halogenated alkanes) is 2. The normalized spacial score (nSPS) is 12.6. The van der Waals surface area contributed by atoms with E-state index in [-0.39, 0.29) is 17.6 Å². The Morgan fingerprint density at radius 3 is 2.27 bits per heavy atom. The molecule has 0 fully saturated rings. The lowest BCUT2D eigenvalue weighted by Crippen LogP contribution is -2.32. The van der Waals surface area contributed by atoms with Crippen LogP contribution in [0.25, 0.3) is 0 Å². The first-order valence-electron chi connectivity index (χ1n) is 11.0. The molecule has 2 aromatic rings. The predicted octanol–water partition coefficient (Wildman–Crippen LogP) is 2.00. The minimum absolute atomic E-state index is 0.0659. The third-order valence-electron chi connectivity index (χ3n) is 5.51. The summed E-state index contributed by atoms with van der Waals surface area (Å²) in [7, 11) is 3.26. The number of carbonyl (C=O) groups is 2. The van der Waals surface area contributed by atoms with Crippen molar-refractivity contribution < 1.29 is 19.1 Å². The van der Waals surface area contributed by atoms with Crippen molar-refractivity contribution in [1.29, 1.82) is 0 Å². The fraction of sp³-hybridized carbons (Fsp3) is 0.478. The van der Waals surface area contributed by atoms with Gasteiger partial charge in [-0.2, -0.15) is 12.6 Å². The van der Waals surface area contributed by atoms with Gasteiger partial charge in [-0.1, -0.05) is 0 Å². The van der Waals surface area contributed by atoms with E-state index >= 15 is 0 Å². The number of benzene rings is 1. The first-order valence-corrected chi connectivity index (χ1v) is 11.7. The Kier molecular flexibility index (Phi) is 9.17. The Labute approximate surface area is 199 Å². The van der Waals surface area contributed by atoms with Crippen LogP contribution in [0, 0.1) is 0 Å². The van der Waals surface area contributed by atoms with Gasteiger partial charge < -0.3 is 25.0 Å². The summed E-state index contributed by atoms with van der Waals surface area (Å²) in [4.78, 5) is 34.4. The molecule has 3 rings (SSSR count). The average Bonchev–Trinajstić information content (AvgIpc) is 2.86. The number of hydrogen-bond donors (Lipinski definition) is 3. The largest absolute Gasteiger partial charge is 0.493 e. The van der Waals surface area contributed by atoms with Crippen molar-refractivity contribution in [3.05, 3.63) is 41.2 Å². The molecule has 0 spiro atoms. The summed E-state index contributed by atoms with van der Waals surface area (Å²) in [5.41, 5.74) is 2.81. The molecule has 10 heteroatoms. The maximum Gasteiger partial charge on any atom is 0.254 e. The van der Waals surface area contributed by atoms with Crippen molar-refractivity contribution in [3.63, 3.8) is 0 Å². The van der Waals surface area contributed by atoms with E-state index in [1.165, 1.54) is 5.56 Å². The van der Waals surface area contributed by atoms with Crippen LogP contribution in [-0.4, -0.2) is 61.4 Å².